The number of carboxylic acid groups (broad SMARTS) is 1. The largest absolute Gasteiger partial charge is 0.480 e. The average Bonchev–Trinajstić information content (AvgIpc) is 2.26. The molecule has 1 aromatic carbocycles. The van der Waals surface area contributed by atoms with Crippen molar-refractivity contribution in [3.63, 3.8) is 0 Å². The second kappa shape index (κ2) is 6.32. The van der Waals surface area contributed by atoms with Gasteiger partial charge in [-0.3, -0.25) is 4.79 Å². The van der Waals surface area contributed by atoms with Gasteiger partial charge in [-0.05, 0) is 18.6 Å². The topological polar surface area (TPSA) is 78.4 Å². The van der Waals surface area contributed by atoms with Crippen LogP contribution in [0.4, 0.5) is 4.79 Å². The molecule has 0 bridgehead atoms. The Labute approximate surface area is 99.1 Å². The number of benzene rings is 1. The summed E-state index contributed by atoms with van der Waals surface area (Å²) in [6, 6.07) is 7.22. The maximum absolute atomic E-state index is 11.1. The van der Waals surface area contributed by atoms with Crippen molar-refractivity contribution in [2.45, 2.75) is 6.92 Å². The molecule has 0 heterocycles. The van der Waals surface area contributed by atoms with E-state index in [1.54, 1.807) is 6.08 Å². The van der Waals surface area contributed by atoms with Crippen LogP contribution < -0.4 is 10.6 Å². The average molecular weight is 234 g/mol. The third-order valence-electron chi connectivity index (χ3n) is 1.93. The van der Waals surface area contributed by atoms with Crippen molar-refractivity contribution in [2.24, 2.45) is 0 Å². The van der Waals surface area contributed by atoms with E-state index in [0.717, 1.165) is 11.1 Å². The Morgan fingerprint density at radius 3 is 2.82 bits per heavy atom. The minimum atomic E-state index is -1.08. The molecule has 1 rings (SSSR count). The van der Waals surface area contributed by atoms with Crippen LogP contribution in [-0.4, -0.2) is 23.7 Å². The van der Waals surface area contributed by atoms with Crippen LogP contribution in [0.25, 0.3) is 6.08 Å². The molecular weight excluding hydrogens is 220 g/mol. The van der Waals surface area contributed by atoms with Crippen LogP contribution in [-0.2, 0) is 4.79 Å². The van der Waals surface area contributed by atoms with E-state index >= 15 is 0 Å². The summed E-state index contributed by atoms with van der Waals surface area (Å²) < 4.78 is 0. The molecule has 0 aliphatic heterocycles. The molecule has 0 fully saturated rings. The number of urea groups is 1. The first kappa shape index (κ1) is 12.8. The van der Waals surface area contributed by atoms with Gasteiger partial charge in [0.25, 0.3) is 0 Å². The highest BCUT2D eigenvalue weighted by molar-refractivity contribution is 5.80. The van der Waals surface area contributed by atoms with E-state index < -0.39 is 18.5 Å². The van der Waals surface area contributed by atoms with Gasteiger partial charge in [0.2, 0.25) is 0 Å². The molecule has 0 atom stereocenters. The zero-order valence-corrected chi connectivity index (χ0v) is 9.43. The summed E-state index contributed by atoms with van der Waals surface area (Å²) in [4.78, 5) is 21.2. The summed E-state index contributed by atoms with van der Waals surface area (Å²) in [5, 5.41) is 12.9. The molecule has 5 heteroatoms. The van der Waals surface area contributed by atoms with Crippen molar-refractivity contribution >= 4 is 18.1 Å². The van der Waals surface area contributed by atoms with Crippen molar-refractivity contribution in [2.75, 3.05) is 6.54 Å². The highest BCUT2D eigenvalue weighted by Gasteiger charge is 1.99. The fourth-order valence-corrected chi connectivity index (χ4v) is 1.19. The van der Waals surface area contributed by atoms with Crippen LogP contribution in [0.5, 0.6) is 0 Å². The number of nitrogens with one attached hydrogen (secondary N) is 2. The minimum absolute atomic E-state index is 0.399. The third kappa shape index (κ3) is 5.36. The van der Waals surface area contributed by atoms with Crippen LogP contribution in [0.15, 0.2) is 30.5 Å². The number of carbonyl (C=O) groups is 2. The number of amides is 2. The Kier molecular flexibility index (Phi) is 4.75. The highest BCUT2D eigenvalue weighted by atomic mass is 16.4. The van der Waals surface area contributed by atoms with Crippen molar-refractivity contribution in [1.82, 2.24) is 10.6 Å². The number of carbonyl (C=O) groups excluding carboxylic acids is 1. The van der Waals surface area contributed by atoms with Gasteiger partial charge >= 0.3 is 12.0 Å². The molecule has 17 heavy (non-hydrogen) atoms. The molecule has 5 nitrogen and oxygen atoms in total. The molecular formula is C12H14N2O3. The Morgan fingerprint density at radius 1 is 1.41 bits per heavy atom. The van der Waals surface area contributed by atoms with Gasteiger partial charge in [0.15, 0.2) is 0 Å². The maximum atomic E-state index is 11.1. The van der Waals surface area contributed by atoms with Crippen LogP contribution >= 0.6 is 0 Å². The van der Waals surface area contributed by atoms with E-state index in [2.05, 4.69) is 10.6 Å². The summed E-state index contributed by atoms with van der Waals surface area (Å²) >= 11 is 0. The second-order valence-electron chi connectivity index (χ2n) is 3.47. The van der Waals surface area contributed by atoms with Gasteiger partial charge in [0.1, 0.15) is 6.54 Å². The fourth-order valence-electron chi connectivity index (χ4n) is 1.19. The van der Waals surface area contributed by atoms with Gasteiger partial charge in [-0.25, -0.2) is 4.79 Å². The quantitative estimate of drug-likeness (QED) is 0.735. The van der Waals surface area contributed by atoms with Crippen LogP contribution in [0.3, 0.4) is 0 Å². The van der Waals surface area contributed by atoms with Crippen molar-refractivity contribution < 1.29 is 14.7 Å². The number of rotatable bonds is 4. The van der Waals surface area contributed by atoms with E-state index in [4.69, 9.17) is 5.11 Å². The predicted octanol–water partition coefficient (Wildman–Crippen LogP) is 1.35. The highest BCUT2D eigenvalue weighted by Crippen LogP contribution is 2.04. The van der Waals surface area contributed by atoms with Gasteiger partial charge in [-0.2, -0.15) is 0 Å². The normalized spacial score (nSPS) is 10.2. The number of aliphatic carboxylic acids is 1. The zero-order chi connectivity index (χ0) is 12.7. The molecule has 0 aliphatic carbocycles. The Hall–Kier alpha value is -2.30. The molecule has 0 radical (unpaired) electrons. The summed E-state index contributed by atoms with van der Waals surface area (Å²) in [5.41, 5.74) is 2.09. The van der Waals surface area contributed by atoms with E-state index in [1.165, 1.54) is 6.20 Å². The van der Waals surface area contributed by atoms with Gasteiger partial charge in [0.05, 0.1) is 0 Å². The smallest absolute Gasteiger partial charge is 0.323 e. The second-order valence-corrected chi connectivity index (χ2v) is 3.47. The van der Waals surface area contributed by atoms with Crippen molar-refractivity contribution in [1.29, 1.82) is 0 Å². The summed E-state index contributed by atoms with van der Waals surface area (Å²) in [6.07, 6.45) is 3.19. The molecule has 0 saturated heterocycles. The summed E-state index contributed by atoms with van der Waals surface area (Å²) in [5.74, 6) is -1.08. The van der Waals surface area contributed by atoms with E-state index in [9.17, 15) is 9.59 Å². The molecule has 90 valence electrons. The number of aryl methyl sites for hydroxylation is 1. The van der Waals surface area contributed by atoms with Crippen LogP contribution in [0.1, 0.15) is 11.1 Å². The number of hydrogen-bond donors (Lipinski definition) is 3. The fraction of sp³-hybridized carbons (Fsp3) is 0.167. The lowest BCUT2D eigenvalue weighted by Crippen LogP contribution is -2.35. The lowest BCUT2D eigenvalue weighted by atomic mass is 10.1. The van der Waals surface area contributed by atoms with Crippen LogP contribution in [0.2, 0.25) is 0 Å². The van der Waals surface area contributed by atoms with Crippen molar-refractivity contribution in [3.8, 4) is 0 Å². The monoisotopic (exact) mass is 234 g/mol. The van der Waals surface area contributed by atoms with E-state index in [-0.39, 0.29) is 0 Å². The molecule has 3 N–H and O–H groups in total. The van der Waals surface area contributed by atoms with Gasteiger partial charge < -0.3 is 15.7 Å². The molecule has 0 unspecified atom stereocenters. The lowest BCUT2D eigenvalue weighted by molar-refractivity contribution is -0.135. The van der Waals surface area contributed by atoms with Gasteiger partial charge in [-0.1, -0.05) is 29.8 Å². The molecule has 0 aliphatic rings. The van der Waals surface area contributed by atoms with E-state index in [1.807, 2.05) is 31.2 Å². The van der Waals surface area contributed by atoms with Gasteiger partial charge in [0, 0.05) is 6.20 Å². The summed E-state index contributed by atoms with van der Waals surface area (Å²) in [6.45, 7) is 1.58. The molecule has 1 aromatic rings. The lowest BCUT2D eigenvalue weighted by Gasteiger charge is -2.00. The zero-order valence-electron chi connectivity index (χ0n) is 9.43. The Bertz CT molecular complexity index is 441. The molecule has 0 aromatic heterocycles. The SMILES string of the molecule is Cc1cccc(/C=C/NC(=O)NCC(=O)O)c1. The first-order valence-corrected chi connectivity index (χ1v) is 5.07. The first-order valence-electron chi connectivity index (χ1n) is 5.07. The Balaban J connectivity index is 2.40. The molecule has 0 saturated carbocycles. The van der Waals surface area contributed by atoms with Crippen LogP contribution in [0, 0.1) is 6.92 Å². The molecule has 0 spiro atoms. The standard InChI is InChI=1S/C12H14N2O3/c1-9-3-2-4-10(7-9)5-6-13-12(17)14-8-11(15)16/h2-7H,8H2,1H3,(H,15,16)(H2,13,14,17)/b6-5+. The Morgan fingerprint density at radius 2 is 2.18 bits per heavy atom. The predicted molar refractivity (Wildman–Crippen MR) is 64.4 cm³/mol. The number of carboxylic acids is 1. The third-order valence-corrected chi connectivity index (χ3v) is 1.93. The van der Waals surface area contributed by atoms with E-state index in [0.29, 0.717) is 0 Å². The van der Waals surface area contributed by atoms with Crippen molar-refractivity contribution in [3.05, 3.63) is 41.6 Å². The molecule has 2 amide bonds. The minimum Gasteiger partial charge on any atom is -0.480 e. The number of hydrogen-bond acceptors (Lipinski definition) is 2. The summed E-state index contributed by atoms with van der Waals surface area (Å²) in [7, 11) is 0. The first-order chi connectivity index (χ1) is 8.08. The van der Waals surface area contributed by atoms with Gasteiger partial charge in [-0.15, -0.1) is 0 Å². The maximum Gasteiger partial charge on any atom is 0.323 e.